The van der Waals surface area contributed by atoms with Crippen molar-refractivity contribution in [3.63, 3.8) is 0 Å². The summed E-state index contributed by atoms with van der Waals surface area (Å²) in [5.74, 6) is -0.780. The predicted octanol–water partition coefficient (Wildman–Crippen LogP) is 2.40. The van der Waals surface area contributed by atoms with Crippen molar-refractivity contribution >= 4 is 28.5 Å². The van der Waals surface area contributed by atoms with Crippen LogP contribution in [0, 0.1) is 5.92 Å². The second-order valence-corrected chi connectivity index (χ2v) is 10.8. The zero-order valence-electron chi connectivity index (χ0n) is 24.3. The molecule has 1 saturated heterocycles. The first kappa shape index (κ1) is 31.5. The van der Waals surface area contributed by atoms with Gasteiger partial charge in [-0.25, -0.2) is 0 Å². The van der Waals surface area contributed by atoms with Crippen molar-refractivity contribution in [1.82, 2.24) is 20.9 Å². The molecular formula is C31H46N4O5. The van der Waals surface area contributed by atoms with Gasteiger partial charge in [0.2, 0.25) is 17.7 Å². The molecule has 4 atom stereocenters. The first-order chi connectivity index (χ1) is 19.3. The fourth-order valence-electron chi connectivity index (χ4n) is 5.31. The topological polar surface area (TPSA) is 120 Å². The van der Waals surface area contributed by atoms with Gasteiger partial charge in [0, 0.05) is 45.1 Å². The number of aliphatic hydroxyl groups excluding tert-OH is 1. The van der Waals surface area contributed by atoms with E-state index in [0.29, 0.717) is 26.1 Å². The molecule has 1 fully saturated rings. The molecule has 9 nitrogen and oxygen atoms in total. The van der Waals surface area contributed by atoms with Gasteiger partial charge in [-0.2, -0.15) is 0 Å². The first-order valence-corrected chi connectivity index (χ1v) is 14.5. The van der Waals surface area contributed by atoms with Crippen molar-refractivity contribution < 1.29 is 24.2 Å². The van der Waals surface area contributed by atoms with Crippen LogP contribution < -0.4 is 16.0 Å². The van der Waals surface area contributed by atoms with Crippen molar-refractivity contribution in [3.05, 3.63) is 48.0 Å². The van der Waals surface area contributed by atoms with Crippen LogP contribution in [0.1, 0.15) is 52.0 Å². The van der Waals surface area contributed by atoms with E-state index in [-0.39, 0.29) is 42.6 Å². The molecule has 0 saturated carbocycles. The van der Waals surface area contributed by atoms with E-state index in [2.05, 4.69) is 16.0 Å². The molecule has 9 heteroatoms. The molecule has 40 heavy (non-hydrogen) atoms. The monoisotopic (exact) mass is 554 g/mol. The number of rotatable bonds is 15. The lowest BCUT2D eigenvalue weighted by Gasteiger charge is -2.29. The smallest absolute Gasteiger partial charge is 0.243 e. The van der Waals surface area contributed by atoms with Crippen molar-refractivity contribution in [2.24, 2.45) is 5.92 Å². The van der Waals surface area contributed by atoms with Crippen LogP contribution in [0.4, 0.5) is 0 Å². The van der Waals surface area contributed by atoms with Crippen molar-refractivity contribution in [2.45, 2.75) is 77.1 Å². The van der Waals surface area contributed by atoms with Gasteiger partial charge in [-0.3, -0.25) is 14.4 Å². The number of methoxy groups -OCH3 is 1. The number of aliphatic hydroxyl groups is 1. The van der Waals surface area contributed by atoms with Crippen LogP contribution in [0.2, 0.25) is 0 Å². The molecule has 2 aromatic rings. The number of hydrogen-bond donors (Lipinski definition) is 4. The number of carbonyl (C=O) groups excluding carboxylic acids is 3. The van der Waals surface area contributed by atoms with E-state index in [1.54, 1.807) is 12.0 Å². The first-order valence-electron chi connectivity index (χ1n) is 14.5. The number of hydrogen-bond acceptors (Lipinski definition) is 6. The van der Waals surface area contributed by atoms with E-state index in [1.165, 1.54) is 0 Å². The van der Waals surface area contributed by atoms with Crippen molar-refractivity contribution in [1.29, 1.82) is 0 Å². The third kappa shape index (κ3) is 8.74. The molecule has 0 aromatic heterocycles. The van der Waals surface area contributed by atoms with E-state index in [1.807, 2.05) is 63.2 Å². The minimum absolute atomic E-state index is 0.0107. The average molecular weight is 555 g/mol. The lowest BCUT2D eigenvalue weighted by molar-refractivity contribution is -0.142. The minimum atomic E-state index is -0.855. The van der Waals surface area contributed by atoms with Gasteiger partial charge < -0.3 is 30.7 Å². The van der Waals surface area contributed by atoms with Gasteiger partial charge in [-0.1, -0.05) is 56.3 Å². The Bertz CT molecular complexity index is 1120. The van der Waals surface area contributed by atoms with E-state index in [4.69, 9.17) is 4.74 Å². The van der Waals surface area contributed by atoms with Crippen molar-refractivity contribution in [3.8, 4) is 0 Å². The molecule has 0 spiro atoms. The fourth-order valence-corrected chi connectivity index (χ4v) is 5.31. The summed E-state index contributed by atoms with van der Waals surface area (Å²) in [4.78, 5) is 41.7. The minimum Gasteiger partial charge on any atom is -0.390 e. The standard InChI is InChI=1S/C31H46N4O5/c1-5-23(6-2)31(39)35-15-9-12-28(35)30(38)34-27(17-22-13-14-24-10-7-8-11-25(24)16-22)29(37)33-19-26(36)18-32-21(3)20-40-4/h7-8,10-11,13-14,16,21,23,26-28,32,36H,5-6,9,12,15,17-20H2,1-4H3,(H,33,37)(H,34,38)/t21?,26?,27-,28?/m1/s1. The van der Waals surface area contributed by atoms with Crippen LogP contribution >= 0.6 is 0 Å². The number of fused-ring (bicyclic) bond motifs is 1. The molecule has 2 aromatic carbocycles. The molecule has 1 heterocycles. The second-order valence-electron chi connectivity index (χ2n) is 10.8. The maximum Gasteiger partial charge on any atom is 0.243 e. The Balaban J connectivity index is 1.72. The number of nitrogens with zero attached hydrogens (tertiary/aromatic N) is 1. The van der Waals surface area contributed by atoms with Crippen LogP contribution in [-0.4, -0.2) is 85.3 Å². The fraction of sp³-hybridized carbons (Fsp3) is 0.581. The summed E-state index contributed by atoms with van der Waals surface area (Å²) in [6.07, 6.45) is 2.28. The van der Waals surface area contributed by atoms with Crippen LogP contribution in [0.25, 0.3) is 10.8 Å². The summed E-state index contributed by atoms with van der Waals surface area (Å²) in [7, 11) is 1.62. The van der Waals surface area contributed by atoms with Crippen LogP contribution in [-0.2, 0) is 25.5 Å². The number of nitrogens with one attached hydrogen (secondary N) is 3. The van der Waals surface area contributed by atoms with Gasteiger partial charge >= 0.3 is 0 Å². The average Bonchev–Trinajstić information content (AvgIpc) is 3.45. The van der Waals surface area contributed by atoms with Gasteiger partial charge in [-0.05, 0) is 48.9 Å². The Kier molecular flexibility index (Phi) is 12.4. The second kappa shape index (κ2) is 15.7. The maximum absolute atomic E-state index is 13.5. The molecule has 3 unspecified atom stereocenters. The normalized spacial score (nSPS) is 17.6. The van der Waals surface area contributed by atoms with E-state index in [9.17, 15) is 19.5 Å². The third-order valence-corrected chi connectivity index (χ3v) is 7.69. The van der Waals surface area contributed by atoms with E-state index >= 15 is 0 Å². The molecule has 1 aliphatic rings. The highest BCUT2D eigenvalue weighted by Crippen LogP contribution is 2.23. The lowest BCUT2D eigenvalue weighted by Crippen LogP contribution is -2.55. The number of likely N-dealkylation sites (tertiary alicyclic amines) is 1. The van der Waals surface area contributed by atoms with Gasteiger partial charge in [0.05, 0.1) is 12.7 Å². The predicted molar refractivity (Wildman–Crippen MR) is 157 cm³/mol. The van der Waals surface area contributed by atoms with Crippen LogP contribution in [0.3, 0.4) is 0 Å². The Hall–Kier alpha value is -3.01. The van der Waals surface area contributed by atoms with Gasteiger partial charge in [0.25, 0.3) is 0 Å². The lowest BCUT2D eigenvalue weighted by atomic mass is 10.00. The summed E-state index contributed by atoms with van der Waals surface area (Å²) < 4.78 is 5.10. The Morgan fingerprint density at radius 3 is 2.50 bits per heavy atom. The summed E-state index contributed by atoms with van der Waals surface area (Å²) in [6, 6.07) is 12.6. The largest absolute Gasteiger partial charge is 0.390 e. The highest BCUT2D eigenvalue weighted by molar-refractivity contribution is 5.93. The van der Waals surface area contributed by atoms with Gasteiger partial charge in [0.15, 0.2) is 0 Å². The van der Waals surface area contributed by atoms with Crippen LogP contribution in [0.5, 0.6) is 0 Å². The highest BCUT2D eigenvalue weighted by Gasteiger charge is 2.37. The zero-order valence-corrected chi connectivity index (χ0v) is 24.3. The maximum atomic E-state index is 13.5. The number of ether oxygens (including phenoxy) is 1. The summed E-state index contributed by atoms with van der Waals surface area (Å²) in [5.41, 5.74) is 0.908. The molecule has 3 rings (SSSR count). The SMILES string of the molecule is CCC(CC)C(=O)N1CCCC1C(=O)N[C@H](Cc1ccc2ccccc2c1)C(=O)NCC(O)CNC(C)COC. The third-order valence-electron chi connectivity index (χ3n) is 7.69. The van der Waals surface area contributed by atoms with Crippen molar-refractivity contribution in [2.75, 3.05) is 33.4 Å². The molecule has 0 radical (unpaired) electrons. The molecule has 220 valence electrons. The summed E-state index contributed by atoms with van der Waals surface area (Å²) >= 11 is 0. The van der Waals surface area contributed by atoms with E-state index < -0.39 is 18.2 Å². The number of carbonyl (C=O) groups is 3. The highest BCUT2D eigenvalue weighted by atomic mass is 16.5. The molecule has 0 bridgehead atoms. The van der Waals surface area contributed by atoms with E-state index in [0.717, 1.165) is 35.6 Å². The summed E-state index contributed by atoms with van der Waals surface area (Å²) in [5, 5.41) is 21.5. The zero-order chi connectivity index (χ0) is 29.1. The Morgan fingerprint density at radius 1 is 1.07 bits per heavy atom. The Labute approximate surface area is 238 Å². The molecule has 3 amide bonds. The number of amides is 3. The van der Waals surface area contributed by atoms with Crippen LogP contribution in [0.15, 0.2) is 42.5 Å². The van der Waals surface area contributed by atoms with Gasteiger partial charge in [-0.15, -0.1) is 0 Å². The molecule has 0 aliphatic carbocycles. The quantitative estimate of drug-likeness (QED) is 0.268. The molecule has 1 aliphatic heterocycles. The Morgan fingerprint density at radius 2 is 1.80 bits per heavy atom. The molecular weight excluding hydrogens is 508 g/mol. The number of benzene rings is 2. The molecule has 4 N–H and O–H groups in total. The van der Waals surface area contributed by atoms with Gasteiger partial charge in [0.1, 0.15) is 12.1 Å². The summed E-state index contributed by atoms with van der Waals surface area (Å²) in [6.45, 7) is 7.32.